The lowest BCUT2D eigenvalue weighted by molar-refractivity contribution is 0.101. The molecule has 0 unspecified atom stereocenters. The van der Waals surface area contributed by atoms with Crippen molar-refractivity contribution in [1.82, 2.24) is 0 Å². The molecule has 0 aliphatic rings. The minimum absolute atomic E-state index is 0.330. The SMILES string of the molecule is Cc1cc([C@H](O)P(=O)(OC(C)C)OC(C)C)cc(C)c1F. The Kier molecular flexibility index (Phi) is 6.11. The first-order chi connectivity index (χ1) is 9.56. The molecule has 120 valence electrons. The van der Waals surface area contributed by atoms with Crippen LogP contribution in [0.25, 0.3) is 0 Å². The molecule has 0 bridgehead atoms. The lowest BCUT2D eigenvalue weighted by Gasteiger charge is -2.27. The largest absolute Gasteiger partial charge is 0.376 e. The molecule has 0 aliphatic carbocycles. The lowest BCUT2D eigenvalue weighted by Crippen LogP contribution is -2.14. The van der Waals surface area contributed by atoms with E-state index in [2.05, 4.69) is 0 Å². The Morgan fingerprint density at radius 2 is 1.43 bits per heavy atom. The van der Waals surface area contributed by atoms with Crippen molar-refractivity contribution in [1.29, 1.82) is 0 Å². The average molecular weight is 318 g/mol. The van der Waals surface area contributed by atoms with Crippen molar-refractivity contribution < 1.29 is 23.1 Å². The molecule has 0 fully saturated rings. The van der Waals surface area contributed by atoms with Crippen LogP contribution in [0.1, 0.15) is 50.2 Å². The summed E-state index contributed by atoms with van der Waals surface area (Å²) < 4.78 is 37.3. The standard InChI is InChI=1S/C15H24FO4P/c1-9(2)19-21(18,20-10(3)4)15(17)13-7-11(5)14(16)12(6)8-13/h7-10,15,17H,1-6H3/t15-/m1/s1. The second-order valence-corrected chi connectivity index (χ2v) is 7.68. The van der Waals surface area contributed by atoms with E-state index in [1.54, 1.807) is 41.5 Å². The monoisotopic (exact) mass is 318 g/mol. The highest BCUT2D eigenvalue weighted by Gasteiger charge is 2.38. The van der Waals surface area contributed by atoms with Crippen LogP contribution in [0.3, 0.4) is 0 Å². The maximum atomic E-state index is 13.7. The molecule has 0 saturated heterocycles. The van der Waals surface area contributed by atoms with Crippen LogP contribution in [0.15, 0.2) is 12.1 Å². The molecule has 1 aromatic carbocycles. The highest BCUT2D eigenvalue weighted by Crippen LogP contribution is 2.61. The number of benzene rings is 1. The quantitative estimate of drug-likeness (QED) is 0.786. The molecule has 0 aliphatic heterocycles. The van der Waals surface area contributed by atoms with Crippen molar-refractivity contribution in [3.63, 3.8) is 0 Å². The van der Waals surface area contributed by atoms with Gasteiger partial charge in [-0.1, -0.05) is 0 Å². The minimum Gasteiger partial charge on any atom is -0.376 e. The van der Waals surface area contributed by atoms with Gasteiger partial charge >= 0.3 is 7.60 Å². The second-order valence-electron chi connectivity index (χ2n) is 5.69. The van der Waals surface area contributed by atoms with Crippen molar-refractivity contribution in [2.24, 2.45) is 0 Å². The van der Waals surface area contributed by atoms with Crippen LogP contribution in [0.5, 0.6) is 0 Å². The van der Waals surface area contributed by atoms with Crippen molar-refractivity contribution >= 4 is 7.60 Å². The third kappa shape index (κ3) is 4.62. The van der Waals surface area contributed by atoms with E-state index in [-0.39, 0.29) is 18.0 Å². The Labute approximate surface area is 125 Å². The van der Waals surface area contributed by atoms with Crippen molar-refractivity contribution in [2.75, 3.05) is 0 Å². The summed E-state index contributed by atoms with van der Waals surface area (Å²) in [5, 5.41) is 10.4. The van der Waals surface area contributed by atoms with Crippen molar-refractivity contribution in [3.8, 4) is 0 Å². The van der Waals surface area contributed by atoms with E-state index in [1.165, 1.54) is 12.1 Å². The second kappa shape index (κ2) is 7.01. The maximum Gasteiger partial charge on any atom is 0.363 e. The summed E-state index contributed by atoms with van der Waals surface area (Å²) in [6.07, 6.45) is -0.737. The average Bonchev–Trinajstić information content (AvgIpc) is 2.32. The molecule has 0 saturated carbocycles. The molecule has 0 aromatic heterocycles. The number of aryl methyl sites for hydroxylation is 2. The Balaban J connectivity index is 3.22. The van der Waals surface area contributed by atoms with E-state index in [1.807, 2.05) is 0 Å². The van der Waals surface area contributed by atoms with Gasteiger partial charge in [0, 0.05) is 0 Å². The first kappa shape index (κ1) is 18.3. The van der Waals surface area contributed by atoms with E-state index < -0.39 is 13.4 Å². The Bertz CT molecular complexity index is 505. The van der Waals surface area contributed by atoms with Crippen LogP contribution in [0.2, 0.25) is 0 Å². The zero-order valence-corrected chi connectivity index (χ0v) is 14.3. The number of hydrogen-bond acceptors (Lipinski definition) is 4. The molecular formula is C15H24FO4P. The zero-order valence-electron chi connectivity index (χ0n) is 13.4. The van der Waals surface area contributed by atoms with Gasteiger partial charge in [-0.05, 0) is 70.4 Å². The van der Waals surface area contributed by atoms with Gasteiger partial charge < -0.3 is 14.2 Å². The van der Waals surface area contributed by atoms with Gasteiger partial charge in [0.25, 0.3) is 0 Å². The van der Waals surface area contributed by atoms with E-state index >= 15 is 0 Å². The Morgan fingerprint density at radius 1 is 1.05 bits per heavy atom. The molecule has 4 nitrogen and oxygen atoms in total. The Morgan fingerprint density at radius 3 is 1.76 bits per heavy atom. The normalized spacial score (nSPS) is 14.0. The van der Waals surface area contributed by atoms with Crippen LogP contribution < -0.4 is 0 Å². The molecular weight excluding hydrogens is 294 g/mol. The molecule has 0 radical (unpaired) electrons. The number of rotatable bonds is 6. The highest BCUT2D eigenvalue weighted by atomic mass is 31.2. The van der Waals surface area contributed by atoms with Gasteiger partial charge in [-0.2, -0.15) is 0 Å². The third-order valence-electron chi connectivity index (χ3n) is 2.77. The molecule has 1 rings (SSSR count). The summed E-state index contributed by atoms with van der Waals surface area (Å²) in [4.78, 5) is 0. The molecule has 1 N–H and O–H groups in total. The van der Waals surface area contributed by atoms with Crippen LogP contribution >= 0.6 is 7.60 Å². The number of halogens is 1. The third-order valence-corrected chi connectivity index (χ3v) is 5.10. The molecule has 0 spiro atoms. The molecule has 21 heavy (non-hydrogen) atoms. The molecule has 1 atom stereocenters. The first-order valence-corrected chi connectivity index (χ1v) is 8.59. The van der Waals surface area contributed by atoms with E-state index in [9.17, 15) is 14.1 Å². The summed E-state index contributed by atoms with van der Waals surface area (Å²) in [6.45, 7) is 10.0. The van der Waals surface area contributed by atoms with Gasteiger partial charge in [-0.25, -0.2) is 4.39 Å². The Hall–Kier alpha value is -0.740. The fraction of sp³-hybridized carbons (Fsp3) is 0.600. The highest BCUT2D eigenvalue weighted by molar-refractivity contribution is 7.54. The summed E-state index contributed by atoms with van der Waals surface area (Å²) in [5.74, 6) is -1.78. The fourth-order valence-corrected chi connectivity index (χ4v) is 4.01. The van der Waals surface area contributed by atoms with Gasteiger partial charge in [0.1, 0.15) is 5.82 Å². The lowest BCUT2D eigenvalue weighted by atomic mass is 10.1. The zero-order chi connectivity index (χ0) is 16.4. The summed E-state index contributed by atoms with van der Waals surface area (Å²) in [5.41, 5.74) is 1.09. The van der Waals surface area contributed by atoms with Crippen molar-refractivity contribution in [3.05, 3.63) is 34.6 Å². The molecule has 6 heteroatoms. The van der Waals surface area contributed by atoms with Crippen LogP contribution in [-0.4, -0.2) is 17.3 Å². The molecule has 1 aromatic rings. The first-order valence-electron chi connectivity index (χ1n) is 6.98. The van der Waals surface area contributed by atoms with Crippen molar-refractivity contribution in [2.45, 2.75) is 59.6 Å². The summed E-state index contributed by atoms with van der Waals surface area (Å²) in [7, 11) is -3.77. The fourth-order valence-electron chi connectivity index (χ4n) is 2.04. The summed E-state index contributed by atoms with van der Waals surface area (Å²) >= 11 is 0. The topological polar surface area (TPSA) is 55.8 Å². The molecule has 0 heterocycles. The van der Waals surface area contributed by atoms with Crippen LogP contribution in [0, 0.1) is 19.7 Å². The van der Waals surface area contributed by atoms with E-state index in [4.69, 9.17) is 9.05 Å². The predicted octanol–water partition coefficient (Wildman–Crippen LogP) is 4.48. The van der Waals surface area contributed by atoms with Gasteiger partial charge in [0.05, 0.1) is 12.2 Å². The number of aliphatic hydroxyl groups excluding tert-OH is 1. The van der Waals surface area contributed by atoms with Crippen LogP contribution in [-0.2, 0) is 13.6 Å². The maximum absolute atomic E-state index is 13.7. The van der Waals surface area contributed by atoms with Gasteiger partial charge in [-0.15, -0.1) is 0 Å². The molecule has 0 amide bonds. The number of hydrogen-bond donors (Lipinski definition) is 1. The van der Waals surface area contributed by atoms with E-state index in [0.717, 1.165) is 0 Å². The van der Waals surface area contributed by atoms with Gasteiger partial charge in [0.15, 0.2) is 5.85 Å². The van der Waals surface area contributed by atoms with Crippen LogP contribution in [0.4, 0.5) is 4.39 Å². The smallest absolute Gasteiger partial charge is 0.363 e. The predicted molar refractivity (Wildman–Crippen MR) is 80.9 cm³/mol. The van der Waals surface area contributed by atoms with E-state index in [0.29, 0.717) is 16.7 Å². The number of aliphatic hydroxyl groups is 1. The van der Waals surface area contributed by atoms with Gasteiger partial charge in [0.2, 0.25) is 0 Å². The summed E-state index contributed by atoms with van der Waals surface area (Å²) in [6, 6.07) is 2.93. The van der Waals surface area contributed by atoms with Gasteiger partial charge in [-0.3, -0.25) is 4.57 Å². The minimum atomic E-state index is -3.77.